The molecule has 1 aliphatic heterocycles. The second-order valence-electron chi connectivity index (χ2n) is 7.06. The number of rotatable bonds is 3. The van der Waals surface area contributed by atoms with E-state index in [1.165, 1.54) is 0 Å². The van der Waals surface area contributed by atoms with Crippen molar-refractivity contribution in [2.45, 2.75) is 32.7 Å². The van der Waals surface area contributed by atoms with Crippen LogP contribution in [0, 0.1) is 13.8 Å². The molecule has 138 valence electrons. The van der Waals surface area contributed by atoms with Gasteiger partial charge >= 0.3 is 0 Å². The van der Waals surface area contributed by atoms with Crippen molar-refractivity contribution in [1.82, 2.24) is 24.4 Å². The number of piperidine rings is 1. The number of carbonyl (C=O) groups excluding carboxylic acids is 1. The van der Waals surface area contributed by atoms with Gasteiger partial charge in [-0.05, 0) is 51.0 Å². The maximum Gasteiger partial charge on any atom is 0.255 e. The Labute approximate surface area is 158 Å². The molecule has 0 radical (unpaired) electrons. The highest BCUT2D eigenvalue weighted by molar-refractivity contribution is 5.94. The van der Waals surface area contributed by atoms with Crippen LogP contribution in [-0.2, 0) is 0 Å². The SMILES string of the molecule is Cc1ccc(C(=O)N2CCCC(n3c(C)cnc3-c3ccncc3)C2)cn1. The van der Waals surface area contributed by atoms with Gasteiger partial charge in [-0.2, -0.15) is 0 Å². The Balaban J connectivity index is 1.60. The van der Waals surface area contributed by atoms with Crippen LogP contribution in [0.25, 0.3) is 11.4 Å². The maximum absolute atomic E-state index is 12.9. The number of likely N-dealkylation sites (tertiary alicyclic amines) is 1. The van der Waals surface area contributed by atoms with Gasteiger partial charge in [0.1, 0.15) is 5.82 Å². The minimum absolute atomic E-state index is 0.0513. The van der Waals surface area contributed by atoms with E-state index in [2.05, 4.69) is 26.4 Å². The Kier molecular flexibility index (Phi) is 4.71. The molecule has 1 fully saturated rings. The van der Waals surface area contributed by atoms with E-state index in [0.717, 1.165) is 42.2 Å². The third-order valence-electron chi connectivity index (χ3n) is 5.13. The molecule has 1 atom stereocenters. The van der Waals surface area contributed by atoms with Crippen LogP contribution in [0.5, 0.6) is 0 Å². The minimum Gasteiger partial charge on any atom is -0.337 e. The average Bonchev–Trinajstić information content (AvgIpc) is 3.10. The number of amides is 1. The quantitative estimate of drug-likeness (QED) is 0.717. The van der Waals surface area contributed by atoms with E-state index in [1.807, 2.05) is 42.3 Å². The van der Waals surface area contributed by atoms with Gasteiger partial charge in [-0.1, -0.05) is 0 Å². The monoisotopic (exact) mass is 361 g/mol. The van der Waals surface area contributed by atoms with Crippen molar-refractivity contribution < 1.29 is 4.79 Å². The van der Waals surface area contributed by atoms with Crippen molar-refractivity contribution in [3.05, 3.63) is 66.0 Å². The fourth-order valence-corrected chi connectivity index (χ4v) is 3.75. The zero-order chi connectivity index (χ0) is 18.8. The van der Waals surface area contributed by atoms with E-state index >= 15 is 0 Å². The molecule has 4 rings (SSSR count). The number of hydrogen-bond acceptors (Lipinski definition) is 4. The summed E-state index contributed by atoms with van der Waals surface area (Å²) in [6.45, 7) is 5.46. The highest BCUT2D eigenvalue weighted by Gasteiger charge is 2.28. The summed E-state index contributed by atoms with van der Waals surface area (Å²) in [5, 5.41) is 0. The van der Waals surface area contributed by atoms with Gasteiger partial charge in [-0.15, -0.1) is 0 Å². The largest absolute Gasteiger partial charge is 0.337 e. The Bertz CT molecular complexity index is 933. The van der Waals surface area contributed by atoms with Crippen LogP contribution in [0.2, 0.25) is 0 Å². The Morgan fingerprint density at radius 2 is 1.89 bits per heavy atom. The van der Waals surface area contributed by atoms with Crippen LogP contribution in [-0.4, -0.2) is 43.4 Å². The molecule has 0 N–H and O–H groups in total. The first kappa shape index (κ1) is 17.4. The van der Waals surface area contributed by atoms with E-state index < -0.39 is 0 Å². The summed E-state index contributed by atoms with van der Waals surface area (Å²) >= 11 is 0. The van der Waals surface area contributed by atoms with Gasteiger partial charge in [0, 0.05) is 54.8 Å². The standard InChI is InChI=1S/C21H23N5O/c1-15-5-6-18(13-23-15)21(27)25-11-3-4-19(14-25)26-16(2)12-24-20(26)17-7-9-22-10-8-17/h5-10,12-13,19H,3-4,11,14H2,1-2H3. The predicted octanol–water partition coefficient (Wildman–Crippen LogP) is 3.43. The van der Waals surface area contributed by atoms with Crippen molar-refractivity contribution in [3.8, 4) is 11.4 Å². The molecule has 0 spiro atoms. The smallest absolute Gasteiger partial charge is 0.255 e. The molecule has 27 heavy (non-hydrogen) atoms. The summed E-state index contributed by atoms with van der Waals surface area (Å²) in [6.07, 6.45) is 9.15. The summed E-state index contributed by atoms with van der Waals surface area (Å²) in [5.41, 5.74) is 3.72. The number of nitrogens with zero attached hydrogens (tertiary/aromatic N) is 5. The van der Waals surface area contributed by atoms with E-state index in [0.29, 0.717) is 12.1 Å². The van der Waals surface area contributed by atoms with Gasteiger partial charge in [0.25, 0.3) is 5.91 Å². The Hall–Kier alpha value is -3.02. The zero-order valence-electron chi connectivity index (χ0n) is 15.7. The Morgan fingerprint density at radius 3 is 2.63 bits per heavy atom. The first-order valence-corrected chi connectivity index (χ1v) is 9.29. The van der Waals surface area contributed by atoms with Crippen LogP contribution < -0.4 is 0 Å². The summed E-state index contributed by atoms with van der Waals surface area (Å²) in [5.74, 6) is 0.988. The molecule has 0 bridgehead atoms. The topological polar surface area (TPSA) is 63.9 Å². The zero-order valence-corrected chi connectivity index (χ0v) is 15.7. The molecule has 1 saturated heterocycles. The molecule has 1 unspecified atom stereocenters. The number of carbonyl (C=O) groups is 1. The van der Waals surface area contributed by atoms with Crippen LogP contribution in [0.15, 0.2) is 49.1 Å². The first-order valence-electron chi connectivity index (χ1n) is 9.29. The molecular formula is C21H23N5O. The summed E-state index contributed by atoms with van der Waals surface area (Å²) < 4.78 is 2.27. The number of aromatic nitrogens is 4. The summed E-state index contributed by atoms with van der Waals surface area (Å²) in [6, 6.07) is 7.91. The predicted molar refractivity (Wildman–Crippen MR) is 103 cm³/mol. The molecule has 3 aromatic rings. The molecule has 0 aromatic carbocycles. The maximum atomic E-state index is 12.9. The van der Waals surface area contributed by atoms with E-state index in [1.54, 1.807) is 18.6 Å². The van der Waals surface area contributed by atoms with Crippen molar-refractivity contribution in [2.75, 3.05) is 13.1 Å². The number of imidazole rings is 1. The van der Waals surface area contributed by atoms with Crippen molar-refractivity contribution >= 4 is 5.91 Å². The van der Waals surface area contributed by atoms with E-state index in [9.17, 15) is 4.79 Å². The van der Waals surface area contributed by atoms with Gasteiger partial charge < -0.3 is 9.47 Å². The number of hydrogen-bond donors (Lipinski definition) is 0. The highest BCUT2D eigenvalue weighted by atomic mass is 16.2. The third kappa shape index (κ3) is 3.47. The lowest BCUT2D eigenvalue weighted by Crippen LogP contribution is -2.41. The third-order valence-corrected chi connectivity index (χ3v) is 5.13. The summed E-state index contributed by atoms with van der Waals surface area (Å²) in [7, 11) is 0. The molecule has 6 heteroatoms. The second-order valence-corrected chi connectivity index (χ2v) is 7.06. The normalized spacial score (nSPS) is 17.1. The average molecular weight is 361 g/mol. The highest BCUT2D eigenvalue weighted by Crippen LogP contribution is 2.29. The van der Waals surface area contributed by atoms with E-state index in [-0.39, 0.29) is 11.9 Å². The number of aryl methyl sites for hydroxylation is 2. The van der Waals surface area contributed by atoms with Gasteiger partial charge in [0.15, 0.2) is 0 Å². The van der Waals surface area contributed by atoms with Gasteiger partial charge in [0.05, 0.1) is 11.6 Å². The molecule has 0 aliphatic carbocycles. The van der Waals surface area contributed by atoms with E-state index in [4.69, 9.17) is 0 Å². The molecule has 0 saturated carbocycles. The lowest BCUT2D eigenvalue weighted by atomic mass is 10.0. The lowest BCUT2D eigenvalue weighted by molar-refractivity contribution is 0.0678. The van der Waals surface area contributed by atoms with Crippen LogP contribution >= 0.6 is 0 Å². The molecule has 1 aliphatic rings. The summed E-state index contributed by atoms with van der Waals surface area (Å²) in [4.78, 5) is 27.8. The Morgan fingerprint density at radius 1 is 1.07 bits per heavy atom. The van der Waals surface area contributed by atoms with Gasteiger partial charge in [-0.25, -0.2) is 4.98 Å². The number of pyridine rings is 2. The van der Waals surface area contributed by atoms with Gasteiger partial charge in [-0.3, -0.25) is 14.8 Å². The molecule has 1 amide bonds. The second kappa shape index (κ2) is 7.31. The molecule has 4 heterocycles. The van der Waals surface area contributed by atoms with Gasteiger partial charge in [0.2, 0.25) is 0 Å². The fraction of sp³-hybridized carbons (Fsp3) is 0.333. The molecule has 6 nitrogen and oxygen atoms in total. The van der Waals surface area contributed by atoms with Crippen molar-refractivity contribution in [2.24, 2.45) is 0 Å². The van der Waals surface area contributed by atoms with Crippen molar-refractivity contribution in [1.29, 1.82) is 0 Å². The lowest BCUT2D eigenvalue weighted by Gasteiger charge is -2.34. The first-order chi connectivity index (χ1) is 13.1. The van der Waals surface area contributed by atoms with Crippen LogP contribution in [0.3, 0.4) is 0 Å². The van der Waals surface area contributed by atoms with Crippen LogP contribution in [0.4, 0.5) is 0 Å². The van der Waals surface area contributed by atoms with Crippen LogP contribution in [0.1, 0.15) is 40.6 Å². The van der Waals surface area contributed by atoms with Crippen molar-refractivity contribution in [3.63, 3.8) is 0 Å². The molecule has 3 aromatic heterocycles. The fourth-order valence-electron chi connectivity index (χ4n) is 3.75. The minimum atomic E-state index is 0.0513. The molecular weight excluding hydrogens is 338 g/mol.